The molecule has 5 heteroatoms. The Morgan fingerprint density at radius 1 is 1.21 bits per heavy atom. The molecular weight excluding hydrogens is 258 g/mol. The molecule has 0 atom stereocenters. The fraction of sp³-hybridized carbons (Fsp3) is 0.214. The van der Waals surface area contributed by atoms with Crippen LogP contribution in [0.2, 0.25) is 0 Å². The number of Topliss-reactive ketones (excluding diaryl/α,β-unsaturated/α-hetero) is 1. The topological polar surface area (TPSA) is 47.8 Å². The van der Waals surface area contributed by atoms with Crippen LogP contribution in [0.4, 0.5) is 0 Å². The number of rotatable bonds is 1. The van der Waals surface area contributed by atoms with Crippen LogP contribution in [0.25, 0.3) is 15.3 Å². The lowest BCUT2D eigenvalue weighted by Crippen LogP contribution is -2.12. The molecule has 0 spiro atoms. The first-order valence-electron chi connectivity index (χ1n) is 6.29. The van der Waals surface area contributed by atoms with E-state index in [0.29, 0.717) is 6.42 Å². The van der Waals surface area contributed by atoms with Crippen LogP contribution in [0.1, 0.15) is 28.9 Å². The molecule has 2 aromatic heterocycles. The van der Waals surface area contributed by atoms with E-state index in [1.54, 1.807) is 17.5 Å². The van der Waals surface area contributed by atoms with Gasteiger partial charge in [0, 0.05) is 6.42 Å². The van der Waals surface area contributed by atoms with E-state index in [0.717, 1.165) is 39.4 Å². The molecule has 3 aromatic rings. The number of nitrogens with zero attached hydrogens (tertiary/aromatic N) is 3. The summed E-state index contributed by atoms with van der Waals surface area (Å²) < 4.78 is 2.97. The van der Waals surface area contributed by atoms with Gasteiger partial charge in [0.25, 0.3) is 0 Å². The molecule has 0 N–H and O–H groups in total. The molecule has 1 aliphatic rings. The molecule has 0 unspecified atom stereocenters. The van der Waals surface area contributed by atoms with Crippen molar-refractivity contribution in [1.29, 1.82) is 0 Å². The minimum Gasteiger partial charge on any atom is -0.294 e. The normalized spacial score (nSPS) is 14.8. The second-order valence-electron chi connectivity index (χ2n) is 4.66. The van der Waals surface area contributed by atoms with E-state index < -0.39 is 0 Å². The molecule has 0 aliphatic heterocycles. The van der Waals surface area contributed by atoms with Crippen molar-refractivity contribution in [2.75, 3.05) is 0 Å². The van der Waals surface area contributed by atoms with Crippen molar-refractivity contribution >= 4 is 27.3 Å². The summed E-state index contributed by atoms with van der Waals surface area (Å²) in [6.07, 6.45) is 4.13. The molecule has 0 saturated carbocycles. The number of hydrogen-bond donors (Lipinski definition) is 0. The third-order valence-electron chi connectivity index (χ3n) is 3.45. The van der Waals surface area contributed by atoms with Crippen molar-refractivity contribution in [3.8, 4) is 5.13 Å². The number of thiazole rings is 1. The second-order valence-corrected chi connectivity index (χ2v) is 5.67. The molecule has 1 aliphatic carbocycles. The van der Waals surface area contributed by atoms with E-state index in [-0.39, 0.29) is 5.78 Å². The Morgan fingerprint density at radius 3 is 3.00 bits per heavy atom. The number of carbonyl (C=O) groups excluding carboxylic acids is 1. The number of carbonyl (C=O) groups is 1. The van der Waals surface area contributed by atoms with Crippen LogP contribution in [0.15, 0.2) is 30.5 Å². The lowest BCUT2D eigenvalue weighted by molar-refractivity contribution is 0.0972. The lowest BCUT2D eigenvalue weighted by Gasteiger charge is -2.11. The number of aromatic nitrogens is 3. The van der Waals surface area contributed by atoms with Gasteiger partial charge < -0.3 is 0 Å². The summed E-state index contributed by atoms with van der Waals surface area (Å²) in [5, 5.41) is 5.20. The number of hydrogen-bond acceptors (Lipinski definition) is 4. The molecule has 0 fully saturated rings. The van der Waals surface area contributed by atoms with E-state index in [9.17, 15) is 4.79 Å². The van der Waals surface area contributed by atoms with Gasteiger partial charge in [-0.2, -0.15) is 5.10 Å². The highest BCUT2D eigenvalue weighted by atomic mass is 32.1. The zero-order chi connectivity index (χ0) is 12.8. The number of para-hydroxylation sites is 1. The van der Waals surface area contributed by atoms with E-state index in [1.807, 2.05) is 22.9 Å². The smallest absolute Gasteiger partial charge is 0.211 e. The monoisotopic (exact) mass is 269 g/mol. The highest BCUT2D eigenvalue weighted by molar-refractivity contribution is 7.20. The average Bonchev–Trinajstić information content (AvgIpc) is 3.02. The minimum absolute atomic E-state index is 0.202. The molecule has 0 radical (unpaired) electrons. The Balaban J connectivity index is 1.90. The lowest BCUT2D eigenvalue weighted by atomic mass is 9.97. The minimum atomic E-state index is 0.202. The molecule has 19 heavy (non-hydrogen) atoms. The van der Waals surface area contributed by atoms with Gasteiger partial charge in [0.15, 0.2) is 5.78 Å². The number of benzene rings is 1. The fourth-order valence-electron chi connectivity index (χ4n) is 2.51. The first-order valence-corrected chi connectivity index (χ1v) is 7.10. The summed E-state index contributed by atoms with van der Waals surface area (Å²) in [7, 11) is 0. The van der Waals surface area contributed by atoms with Gasteiger partial charge in [-0.25, -0.2) is 9.67 Å². The Bertz CT molecular complexity index is 754. The molecule has 0 saturated heterocycles. The largest absolute Gasteiger partial charge is 0.294 e. The van der Waals surface area contributed by atoms with Gasteiger partial charge in [0.2, 0.25) is 5.13 Å². The van der Waals surface area contributed by atoms with Gasteiger partial charge in [-0.1, -0.05) is 23.5 Å². The summed E-state index contributed by atoms with van der Waals surface area (Å²) in [5.41, 5.74) is 2.76. The molecule has 94 valence electrons. The van der Waals surface area contributed by atoms with Crippen molar-refractivity contribution in [2.24, 2.45) is 0 Å². The maximum absolute atomic E-state index is 11.8. The van der Waals surface area contributed by atoms with Gasteiger partial charge in [-0.05, 0) is 25.0 Å². The summed E-state index contributed by atoms with van der Waals surface area (Å²) in [5.74, 6) is 0.202. The summed E-state index contributed by atoms with van der Waals surface area (Å²) in [6.45, 7) is 0. The van der Waals surface area contributed by atoms with E-state index in [1.165, 1.54) is 0 Å². The van der Waals surface area contributed by atoms with Gasteiger partial charge in [0.1, 0.15) is 0 Å². The quantitative estimate of drug-likeness (QED) is 0.682. The van der Waals surface area contributed by atoms with Gasteiger partial charge in [0.05, 0.1) is 27.7 Å². The first kappa shape index (κ1) is 10.9. The van der Waals surface area contributed by atoms with Crippen molar-refractivity contribution in [3.63, 3.8) is 0 Å². The summed E-state index contributed by atoms with van der Waals surface area (Å²) in [4.78, 5) is 16.4. The molecule has 2 heterocycles. The number of ketones is 1. The predicted octanol–water partition coefficient (Wildman–Crippen LogP) is 3.00. The third kappa shape index (κ3) is 1.62. The Hall–Kier alpha value is -2.01. The standard InChI is InChI=1S/C14H11N3OS/c18-12-6-3-5-11-9(12)8-15-17(11)14-16-10-4-1-2-7-13(10)19-14/h1-2,4,7-8H,3,5-6H2. The van der Waals surface area contributed by atoms with Crippen LogP contribution in [0.3, 0.4) is 0 Å². The molecule has 1 aromatic carbocycles. The molecule has 0 bridgehead atoms. The predicted molar refractivity (Wildman–Crippen MR) is 74.0 cm³/mol. The SMILES string of the molecule is O=C1CCCc2c1cnn2-c1nc2ccccc2s1. The zero-order valence-electron chi connectivity index (χ0n) is 10.2. The summed E-state index contributed by atoms with van der Waals surface area (Å²) in [6, 6.07) is 8.04. The molecule has 4 rings (SSSR count). The molecule has 4 nitrogen and oxygen atoms in total. The Kier molecular flexibility index (Phi) is 2.29. The van der Waals surface area contributed by atoms with Crippen LogP contribution in [0.5, 0.6) is 0 Å². The maximum Gasteiger partial charge on any atom is 0.211 e. The van der Waals surface area contributed by atoms with E-state index >= 15 is 0 Å². The van der Waals surface area contributed by atoms with Crippen LogP contribution < -0.4 is 0 Å². The average molecular weight is 269 g/mol. The van der Waals surface area contributed by atoms with Crippen LogP contribution >= 0.6 is 11.3 Å². The molecule has 0 amide bonds. The van der Waals surface area contributed by atoms with Crippen LogP contribution in [-0.4, -0.2) is 20.5 Å². The van der Waals surface area contributed by atoms with E-state index in [4.69, 9.17) is 0 Å². The second kappa shape index (κ2) is 3.99. The Labute approximate surface area is 113 Å². The number of fused-ring (bicyclic) bond motifs is 2. The first-order chi connectivity index (χ1) is 9.33. The van der Waals surface area contributed by atoms with Crippen molar-refractivity contribution in [3.05, 3.63) is 41.7 Å². The Morgan fingerprint density at radius 2 is 2.11 bits per heavy atom. The fourth-order valence-corrected chi connectivity index (χ4v) is 3.46. The van der Waals surface area contributed by atoms with Crippen LogP contribution in [0, 0.1) is 0 Å². The molecular formula is C14H11N3OS. The maximum atomic E-state index is 11.8. The highest BCUT2D eigenvalue weighted by Crippen LogP contribution is 2.28. The van der Waals surface area contributed by atoms with Crippen molar-refractivity contribution in [2.45, 2.75) is 19.3 Å². The third-order valence-corrected chi connectivity index (χ3v) is 4.46. The summed E-state index contributed by atoms with van der Waals surface area (Å²) >= 11 is 1.61. The van der Waals surface area contributed by atoms with Gasteiger partial charge >= 0.3 is 0 Å². The highest BCUT2D eigenvalue weighted by Gasteiger charge is 2.23. The van der Waals surface area contributed by atoms with Crippen molar-refractivity contribution < 1.29 is 4.79 Å². The van der Waals surface area contributed by atoms with E-state index in [2.05, 4.69) is 16.1 Å². The van der Waals surface area contributed by atoms with Gasteiger partial charge in [-0.15, -0.1) is 0 Å². The van der Waals surface area contributed by atoms with Gasteiger partial charge in [-0.3, -0.25) is 4.79 Å². The zero-order valence-corrected chi connectivity index (χ0v) is 11.0. The van der Waals surface area contributed by atoms with Crippen molar-refractivity contribution in [1.82, 2.24) is 14.8 Å². The van der Waals surface area contributed by atoms with Crippen LogP contribution in [-0.2, 0) is 6.42 Å².